The Balaban J connectivity index is 1.49. The number of hydrogen-bond acceptors (Lipinski definition) is 6. The normalized spacial score (nSPS) is 15.8. The molecule has 33 heavy (non-hydrogen) atoms. The van der Waals surface area contributed by atoms with Gasteiger partial charge in [0.2, 0.25) is 0 Å². The fourth-order valence-electron chi connectivity index (χ4n) is 4.43. The van der Waals surface area contributed by atoms with E-state index in [-0.39, 0.29) is 11.9 Å². The molecule has 0 aliphatic carbocycles. The van der Waals surface area contributed by atoms with Gasteiger partial charge in [-0.3, -0.25) is 4.79 Å². The lowest BCUT2D eigenvalue weighted by molar-refractivity contribution is 0.0728. The number of likely N-dealkylation sites (tertiary alicyclic amines) is 1. The molecule has 0 radical (unpaired) electrons. The Bertz CT molecular complexity index is 1290. The molecular formula is C25H26N6O2. The van der Waals surface area contributed by atoms with Gasteiger partial charge in [0.25, 0.3) is 11.8 Å². The van der Waals surface area contributed by atoms with Crippen molar-refractivity contribution in [2.24, 2.45) is 0 Å². The van der Waals surface area contributed by atoms with E-state index in [9.17, 15) is 4.79 Å². The summed E-state index contributed by atoms with van der Waals surface area (Å²) in [5.74, 6) is 0.965. The summed E-state index contributed by atoms with van der Waals surface area (Å²) in [4.78, 5) is 21.8. The van der Waals surface area contributed by atoms with Gasteiger partial charge in [0.15, 0.2) is 5.82 Å². The summed E-state index contributed by atoms with van der Waals surface area (Å²) in [6.07, 6.45) is 5.76. The molecule has 3 heterocycles. The van der Waals surface area contributed by atoms with E-state index in [0.29, 0.717) is 29.5 Å². The number of amides is 1. The standard InChI is InChI=1S/C25H26N6O2/c1-4-18-8-5-6-9-19(18)24-28-23(29-33-24)21-10-7-13-30(21)25(32)20-14-16(2)17(3)15-22(20)31-26-11-12-27-31/h5-6,8-9,11-12,14-15,21H,4,7,10,13H2,1-3H3/t21-/m0/s1. The molecule has 0 spiro atoms. The first-order valence-electron chi connectivity index (χ1n) is 11.3. The molecule has 0 unspecified atom stereocenters. The number of nitrogens with zero attached hydrogens (tertiary/aromatic N) is 6. The zero-order valence-electron chi connectivity index (χ0n) is 19.0. The Labute approximate surface area is 192 Å². The highest BCUT2D eigenvalue weighted by Crippen LogP contribution is 2.34. The topological polar surface area (TPSA) is 89.9 Å². The van der Waals surface area contributed by atoms with Crippen LogP contribution < -0.4 is 0 Å². The molecule has 0 saturated carbocycles. The van der Waals surface area contributed by atoms with Gasteiger partial charge >= 0.3 is 0 Å². The van der Waals surface area contributed by atoms with Crippen LogP contribution in [0.5, 0.6) is 0 Å². The maximum atomic E-state index is 13.8. The fourth-order valence-corrected chi connectivity index (χ4v) is 4.43. The second-order valence-corrected chi connectivity index (χ2v) is 8.40. The summed E-state index contributed by atoms with van der Waals surface area (Å²) in [6.45, 7) is 6.76. The molecule has 1 saturated heterocycles. The number of rotatable bonds is 5. The fraction of sp³-hybridized carbons (Fsp3) is 0.320. The molecule has 1 fully saturated rings. The van der Waals surface area contributed by atoms with Crippen molar-refractivity contribution in [3.05, 3.63) is 76.9 Å². The van der Waals surface area contributed by atoms with Gasteiger partial charge in [0.05, 0.1) is 29.7 Å². The van der Waals surface area contributed by atoms with Crippen molar-refractivity contribution >= 4 is 5.91 Å². The number of benzene rings is 2. The minimum absolute atomic E-state index is 0.0757. The largest absolute Gasteiger partial charge is 0.334 e. The predicted molar refractivity (Wildman–Crippen MR) is 123 cm³/mol. The van der Waals surface area contributed by atoms with E-state index in [4.69, 9.17) is 9.51 Å². The third-order valence-corrected chi connectivity index (χ3v) is 6.36. The molecule has 8 heteroatoms. The third kappa shape index (κ3) is 3.82. The molecule has 5 rings (SSSR count). The summed E-state index contributed by atoms with van der Waals surface area (Å²) >= 11 is 0. The molecule has 1 amide bonds. The van der Waals surface area contributed by atoms with Crippen LogP contribution in [0.4, 0.5) is 0 Å². The molecule has 1 atom stereocenters. The second-order valence-electron chi connectivity index (χ2n) is 8.40. The van der Waals surface area contributed by atoms with Crippen LogP contribution in [0.15, 0.2) is 53.3 Å². The monoisotopic (exact) mass is 442 g/mol. The van der Waals surface area contributed by atoms with Crippen molar-refractivity contribution in [1.82, 2.24) is 30.0 Å². The minimum Gasteiger partial charge on any atom is -0.334 e. The number of carbonyl (C=O) groups is 1. The Morgan fingerprint density at radius 3 is 2.67 bits per heavy atom. The Hall–Kier alpha value is -3.81. The van der Waals surface area contributed by atoms with Crippen molar-refractivity contribution in [3.63, 3.8) is 0 Å². The number of hydrogen-bond donors (Lipinski definition) is 0. The molecule has 1 aliphatic heterocycles. The van der Waals surface area contributed by atoms with Crippen LogP contribution in [0, 0.1) is 13.8 Å². The molecular weight excluding hydrogens is 416 g/mol. The van der Waals surface area contributed by atoms with Gasteiger partial charge in [-0.25, -0.2) is 0 Å². The first-order valence-corrected chi connectivity index (χ1v) is 11.3. The highest BCUT2D eigenvalue weighted by atomic mass is 16.5. The number of aromatic nitrogens is 5. The third-order valence-electron chi connectivity index (χ3n) is 6.36. The lowest BCUT2D eigenvalue weighted by Crippen LogP contribution is -2.32. The lowest BCUT2D eigenvalue weighted by Gasteiger charge is -2.24. The predicted octanol–water partition coefficient (Wildman–Crippen LogP) is 4.47. The second kappa shape index (κ2) is 8.61. The summed E-state index contributed by atoms with van der Waals surface area (Å²) < 4.78 is 5.63. The molecule has 8 nitrogen and oxygen atoms in total. The molecule has 1 aliphatic rings. The van der Waals surface area contributed by atoms with Crippen LogP contribution in [0.2, 0.25) is 0 Å². The Kier molecular flexibility index (Phi) is 5.50. The van der Waals surface area contributed by atoms with Gasteiger partial charge in [-0.1, -0.05) is 30.3 Å². The van der Waals surface area contributed by atoms with Crippen molar-refractivity contribution in [1.29, 1.82) is 0 Å². The average molecular weight is 443 g/mol. The maximum absolute atomic E-state index is 13.8. The highest BCUT2D eigenvalue weighted by Gasteiger charge is 2.35. The van der Waals surface area contributed by atoms with E-state index in [0.717, 1.165) is 41.5 Å². The van der Waals surface area contributed by atoms with E-state index in [1.807, 2.05) is 49.1 Å². The van der Waals surface area contributed by atoms with Gasteiger partial charge in [0.1, 0.15) is 0 Å². The van der Waals surface area contributed by atoms with Crippen molar-refractivity contribution in [3.8, 4) is 17.1 Å². The minimum atomic E-state index is -0.233. The number of carbonyl (C=O) groups excluding carboxylic acids is 1. The van der Waals surface area contributed by atoms with Crippen molar-refractivity contribution < 1.29 is 9.32 Å². The smallest absolute Gasteiger partial charge is 0.258 e. The summed E-state index contributed by atoms with van der Waals surface area (Å²) in [5, 5.41) is 12.8. The van der Waals surface area contributed by atoms with Crippen LogP contribution in [-0.2, 0) is 6.42 Å². The molecule has 2 aromatic heterocycles. The van der Waals surface area contributed by atoms with Crippen LogP contribution in [0.1, 0.15) is 58.7 Å². The van der Waals surface area contributed by atoms with E-state index < -0.39 is 0 Å². The van der Waals surface area contributed by atoms with Gasteiger partial charge in [-0.2, -0.15) is 20.0 Å². The van der Waals surface area contributed by atoms with Crippen molar-refractivity contribution in [2.75, 3.05) is 6.54 Å². The van der Waals surface area contributed by atoms with Crippen LogP contribution in [0.3, 0.4) is 0 Å². The SMILES string of the molecule is CCc1ccccc1-c1nc([C@@H]2CCCN2C(=O)c2cc(C)c(C)cc2-n2nccn2)no1. The average Bonchev–Trinajstić information content (AvgIpc) is 3.61. The van der Waals surface area contributed by atoms with Crippen LogP contribution >= 0.6 is 0 Å². The van der Waals surface area contributed by atoms with Gasteiger partial charge in [-0.15, -0.1) is 0 Å². The van der Waals surface area contributed by atoms with Gasteiger partial charge in [-0.05, 0) is 68.0 Å². The quantitative estimate of drug-likeness (QED) is 0.453. The highest BCUT2D eigenvalue weighted by molar-refractivity contribution is 5.98. The zero-order chi connectivity index (χ0) is 22.9. The molecule has 0 N–H and O–H groups in total. The van der Waals surface area contributed by atoms with Crippen LogP contribution in [0.25, 0.3) is 17.1 Å². The zero-order valence-corrected chi connectivity index (χ0v) is 19.0. The maximum Gasteiger partial charge on any atom is 0.258 e. The Morgan fingerprint density at radius 2 is 1.88 bits per heavy atom. The van der Waals surface area contributed by atoms with E-state index in [1.54, 1.807) is 12.4 Å². The summed E-state index contributed by atoms with van der Waals surface area (Å²) in [6, 6.07) is 11.7. The lowest BCUT2D eigenvalue weighted by atomic mass is 10.0. The summed E-state index contributed by atoms with van der Waals surface area (Å²) in [7, 11) is 0. The summed E-state index contributed by atoms with van der Waals surface area (Å²) in [5.41, 5.74) is 5.46. The first kappa shape index (κ1) is 21.1. The van der Waals surface area contributed by atoms with Gasteiger partial charge < -0.3 is 9.42 Å². The van der Waals surface area contributed by atoms with Crippen molar-refractivity contribution in [2.45, 2.75) is 46.1 Å². The molecule has 2 aromatic carbocycles. The van der Waals surface area contributed by atoms with E-state index >= 15 is 0 Å². The van der Waals surface area contributed by atoms with E-state index in [1.165, 1.54) is 4.80 Å². The van der Waals surface area contributed by atoms with Gasteiger partial charge in [0, 0.05) is 12.1 Å². The number of aryl methyl sites for hydroxylation is 3. The molecule has 0 bridgehead atoms. The first-order chi connectivity index (χ1) is 16.1. The molecule has 4 aromatic rings. The van der Waals surface area contributed by atoms with E-state index in [2.05, 4.69) is 28.3 Å². The van der Waals surface area contributed by atoms with Crippen LogP contribution in [-0.4, -0.2) is 42.5 Å². The molecule has 168 valence electrons. The Morgan fingerprint density at radius 1 is 1.12 bits per heavy atom.